The molecule has 0 saturated carbocycles. The van der Waals surface area contributed by atoms with E-state index in [1.165, 1.54) is 0 Å². The van der Waals surface area contributed by atoms with Crippen LogP contribution in [0.3, 0.4) is 0 Å². The van der Waals surface area contributed by atoms with Gasteiger partial charge in [-0.25, -0.2) is 0 Å². The first-order valence-corrected chi connectivity index (χ1v) is 6.37. The molecule has 0 bridgehead atoms. The van der Waals surface area contributed by atoms with Gasteiger partial charge in [0.05, 0.1) is 0 Å². The molecule has 5 heteroatoms. The SMILES string of the molecule is COP(C)(C)(OC)O[SiH3]. The Morgan fingerprint density at radius 1 is 1.11 bits per heavy atom. The molecule has 0 atom stereocenters. The Hall–Kier alpha value is 0.527. The van der Waals surface area contributed by atoms with Gasteiger partial charge in [-0.2, -0.15) is 0 Å². The summed E-state index contributed by atoms with van der Waals surface area (Å²) in [6, 6.07) is 0. The van der Waals surface area contributed by atoms with Crippen molar-refractivity contribution in [2.75, 3.05) is 27.5 Å². The molecule has 0 aromatic heterocycles. The maximum absolute atomic E-state index is 5.25. The van der Waals surface area contributed by atoms with Gasteiger partial charge in [0.2, 0.25) is 0 Å². The van der Waals surface area contributed by atoms with E-state index in [9.17, 15) is 0 Å². The van der Waals surface area contributed by atoms with Crippen LogP contribution in [-0.2, 0) is 13.3 Å². The molecule has 0 aromatic rings. The molecule has 58 valence electrons. The topological polar surface area (TPSA) is 27.7 Å². The van der Waals surface area contributed by atoms with Gasteiger partial charge in [-0.1, -0.05) is 0 Å². The van der Waals surface area contributed by atoms with Crippen LogP contribution in [-0.4, -0.2) is 38.0 Å². The van der Waals surface area contributed by atoms with Crippen LogP contribution in [0.4, 0.5) is 0 Å². The van der Waals surface area contributed by atoms with Crippen molar-refractivity contribution in [3.8, 4) is 0 Å². The van der Waals surface area contributed by atoms with Gasteiger partial charge in [0.25, 0.3) is 0 Å². The molecule has 3 nitrogen and oxygen atoms in total. The Bertz CT molecular complexity index is 87.0. The average molecular weight is 170 g/mol. The van der Waals surface area contributed by atoms with Gasteiger partial charge in [-0.15, -0.1) is 0 Å². The second kappa shape index (κ2) is 2.64. The van der Waals surface area contributed by atoms with Gasteiger partial charge in [-0.05, 0) is 0 Å². The van der Waals surface area contributed by atoms with E-state index in [4.69, 9.17) is 13.3 Å². The molecule has 0 radical (unpaired) electrons. The Balaban J connectivity index is 4.20. The molecule has 0 aliphatic carbocycles. The number of rotatable bonds is 3. The van der Waals surface area contributed by atoms with Crippen molar-refractivity contribution in [3.63, 3.8) is 0 Å². The first-order valence-electron chi connectivity index (χ1n) is 2.67. The van der Waals surface area contributed by atoms with E-state index in [2.05, 4.69) is 0 Å². The predicted molar refractivity (Wildman–Crippen MR) is 43.8 cm³/mol. The summed E-state index contributed by atoms with van der Waals surface area (Å²) in [5.74, 6) is 0. The maximum atomic E-state index is 5.25. The van der Waals surface area contributed by atoms with Crippen LogP contribution in [0.25, 0.3) is 0 Å². The molecule has 0 aliphatic rings. The molecular weight excluding hydrogens is 155 g/mol. The quantitative estimate of drug-likeness (QED) is 0.445. The standard InChI is InChI=1S/C4H15O3PSi/c1-5-8(3,4,6-2)7-9/h1-4,9H3. The molecule has 0 rings (SSSR count). The Labute approximate surface area is 59.4 Å². The fraction of sp³-hybridized carbons (Fsp3) is 1.00. The van der Waals surface area contributed by atoms with Crippen molar-refractivity contribution < 1.29 is 13.3 Å². The van der Waals surface area contributed by atoms with Crippen LogP contribution in [0, 0.1) is 0 Å². The molecule has 0 N–H and O–H groups in total. The first kappa shape index (κ1) is 9.53. The van der Waals surface area contributed by atoms with Crippen LogP contribution in [0.1, 0.15) is 0 Å². The van der Waals surface area contributed by atoms with Crippen LogP contribution >= 0.6 is 7.28 Å². The fourth-order valence-electron chi connectivity index (χ4n) is 0.224. The van der Waals surface area contributed by atoms with Crippen LogP contribution in [0.5, 0.6) is 0 Å². The van der Waals surface area contributed by atoms with Gasteiger partial charge >= 0.3 is 58.6 Å². The van der Waals surface area contributed by atoms with Gasteiger partial charge in [0.15, 0.2) is 0 Å². The van der Waals surface area contributed by atoms with Crippen LogP contribution in [0.15, 0.2) is 0 Å². The summed E-state index contributed by atoms with van der Waals surface area (Å²) in [4.78, 5) is 0. The molecule has 0 aliphatic heterocycles. The summed E-state index contributed by atoms with van der Waals surface area (Å²) < 4.78 is 15.5. The van der Waals surface area contributed by atoms with E-state index in [0.29, 0.717) is 10.5 Å². The Morgan fingerprint density at radius 2 is 1.44 bits per heavy atom. The van der Waals surface area contributed by atoms with Gasteiger partial charge in [-0.3, -0.25) is 0 Å². The minimum absolute atomic E-state index is 0.649. The van der Waals surface area contributed by atoms with E-state index in [0.717, 1.165) is 0 Å². The zero-order valence-corrected chi connectivity index (χ0v) is 9.57. The zero-order valence-electron chi connectivity index (χ0n) is 6.67. The van der Waals surface area contributed by atoms with Crippen molar-refractivity contribution in [1.29, 1.82) is 0 Å². The first-order chi connectivity index (χ1) is 3.96. The summed E-state index contributed by atoms with van der Waals surface area (Å²) >= 11 is 0. The van der Waals surface area contributed by atoms with Crippen LogP contribution in [0.2, 0.25) is 0 Å². The molecule has 0 saturated heterocycles. The molecule has 0 unspecified atom stereocenters. The third kappa shape index (κ3) is 2.31. The molecule has 0 heterocycles. The van der Waals surface area contributed by atoms with E-state index in [1.54, 1.807) is 14.2 Å². The van der Waals surface area contributed by atoms with Crippen molar-refractivity contribution in [1.82, 2.24) is 0 Å². The fourth-order valence-corrected chi connectivity index (χ4v) is 1.57. The van der Waals surface area contributed by atoms with Crippen molar-refractivity contribution in [3.05, 3.63) is 0 Å². The van der Waals surface area contributed by atoms with Crippen LogP contribution < -0.4 is 0 Å². The summed E-state index contributed by atoms with van der Waals surface area (Å²) in [7, 11) is 1.30. The average Bonchev–Trinajstić information content (AvgIpc) is 1.90. The van der Waals surface area contributed by atoms with Gasteiger partial charge < -0.3 is 0 Å². The molecule has 0 fully saturated rings. The van der Waals surface area contributed by atoms with E-state index in [1.807, 2.05) is 13.3 Å². The molecule has 9 heavy (non-hydrogen) atoms. The number of hydrogen-bond donors (Lipinski definition) is 0. The monoisotopic (exact) mass is 170 g/mol. The summed E-state index contributed by atoms with van der Waals surface area (Å²) in [6.07, 6.45) is 0. The van der Waals surface area contributed by atoms with Crippen molar-refractivity contribution >= 4 is 17.8 Å². The Morgan fingerprint density at radius 3 is 1.44 bits per heavy atom. The summed E-state index contributed by atoms with van der Waals surface area (Å²) in [5, 5.41) is 0. The normalized spacial score (nSPS) is 17.1. The Kier molecular flexibility index (Phi) is 2.79. The minimum atomic E-state index is -2.57. The van der Waals surface area contributed by atoms with Gasteiger partial charge in [0, 0.05) is 0 Å². The summed E-state index contributed by atoms with van der Waals surface area (Å²) in [6.45, 7) is 3.75. The second-order valence-corrected chi connectivity index (χ2v) is 8.04. The number of hydrogen-bond acceptors (Lipinski definition) is 3. The predicted octanol–water partition coefficient (Wildman–Crippen LogP) is 0.134. The third-order valence-electron chi connectivity index (χ3n) is 1.54. The second-order valence-electron chi connectivity index (χ2n) is 2.31. The molecular formula is C4H15O3PSi. The third-order valence-corrected chi connectivity index (χ3v) is 7.71. The van der Waals surface area contributed by atoms with Crippen molar-refractivity contribution in [2.24, 2.45) is 0 Å². The molecule has 0 spiro atoms. The van der Waals surface area contributed by atoms with E-state index < -0.39 is 7.28 Å². The molecule has 0 aromatic carbocycles. The van der Waals surface area contributed by atoms with Crippen molar-refractivity contribution in [2.45, 2.75) is 0 Å². The van der Waals surface area contributed by atoms with Gasteiger partial charge in [0.1, 0.15) is 0 Å². The van der Waals surface area contributed by atoms with E-state index in [-0.39, 0.29) is 0 Å². The molecule has 0 amide bonds. The zero-order chi connectivity index (χ0) is 7.57. The van der Waals surface area contributed by atoms with E-state index >= 15 is 0 Å². The summed E-state index contributed by atoms with van der Waals surface area (Å²) in [5.41, 5.74) is 0.